The van der Waals surface area contributed by atoms with Gasteiger partial charge in [0.15, 0.2) is 0 Å². The van der Waals surface area contributed by atoms with E-state index in [1.165, 1.54) is 46.5 Å². The molecular formula is C24H31IOSi. The van der Waals surface area contributed by atoms with Gasteiger partial charge in [0.25, 0.3) is 8.32 Å². The van der Waals surface area contributed by atoms with Crippen LogP contribution in [0, 0.1) is 5.92 Å². The lowest BCUT2D eigenvalue weighted by Crippen LogP contribution is -2.63. The van der Waals surface area contributed by atoms with Crippen molar-refractivity contribution in [3.05, 3.63) is 72.8 Å². The molecule has 0 aromatic heterocycles. The average Bonchev–Trinajstić information content (AvgIpc) is 2.71. The van der Waals surface area contributed by atoms with Crippen LogP contribution in [0.1, 0.15) is 39.0 Å². The largest absolute Gasteiger partial charge is 0.402 e. The minimum Gasteiger partial charge on any atom is -0.402 e. The molecule has 2 aromatic rings. The molecule has 0 bridgehead atoms. The Morgan fingerprint density at radius 3 is 2.15 bits per heavy atom. The summed E-state index contributed by atoms with van der Waals surface area (Å²) in [5.41, 5.74) is 0. The van der Waals surface area contributed by atoms with Crippen molar-refractivity contribution in [1.82, 2.24) is 0 Å². The highest BCUT2D eigenvalue weighted by Gasteiger charge is 2.43. The number of benzene rings is 2. The van der Waals surface area contributed by atoms with Crippen molar-refractivity contribution in [1.29, 1.82) is 0 Å². The van der Waals surface area contributed by atoms with Gasteiger partial charge in [-0.05, 0) is 35.2 Å². The molecule has 1 heterocycles. The van der Waals surface area contributed by atoms with E-state index in [-0.39, 0.29) is 6.10 Å². The molecule has 0 aliphatic carbocycles. The van der Waals surface area contributed by atoms with Gasteiger partial charge in [-0.1, -0.05) is 122 Å². The molecule has 0 fully saturated rings. The van der Waals surface area contributed by atoms with Crippen LogP contribution in [0.5, 0.6) is 0 Å². The van der Waals surface area contributed by atoms with Crippen LogP contribution in [0.25, 0.3) is 0 Å². The van der Waals surface area contributed by atoms with Gasteiger partial charge in [0.05, 0.1) is 6.10 Å². The zero-order chi connectivity index (χ0) is 19.0. The average molecular weight is 491 g/mol. The van der Waals surface area contributed by atoms with Crippen molar-refractivity contribution in [2.45, 2.75) is 51.2 Å². The zero-order valence-corrected chi connectivity index (χ0v) is 19.5. The third-order valence-electron chi connectivity index (χ3n) is 5.54. The Morgan fingerprint density at radius 1 is 0.963 bits per heavy atom. The number of unbranched alkanes of at least 4 members (excludes halogenated alkanes) is 2. The smallest absolute Gasteiger partial charge is 0.256 e. The van der Waals surface area contributed by atoms with Crippen LogP contribution in [0.15, 0.2) is 72.8 Å². The molecule has 1 nitrogen and oxygen atoms in total. The maximum atomic E-state index is 7.18. The summed E-state index contributed by atoms with van der Waals surface area (Å²) in [5, 5.41) is 2.84. The van der Waals surface area contributed by atoms with Gasteiger partial charge in [-0.2, -0.15) is 0 Å². The van der Waals surface area contributed by atoms with Gasteiger partial charge in [0.2, 0.25) is 0 Å². The number of hydrogen-bond acceptors (Lipinski definition) is 1. The van der Waals surface area contributed by atoms with Gasteiger partial charge in [0.1, 0.15) is 0 Å². The van der Waals surface area contributed by atoms with Crippen molar-refractivity contribution in [2.24, 2.45) is 5.92 Å². The van der Waals surface area contributed by atoms with E-state index >= 15 is 0 Å². The Bertz CT molecular complexity index is 661. The van der Waals surface area contributed by atoms with Crippen molar-refractivity contribution in [3.63, 3.8) is 0 Å². The molecule has 3 rings (SSSR count). The van der Waals surface area contributed by atoms with Crippen LogP contribution >= 0.6 is 22.6 Å². The topological polar surface area (TPSA) is 9.23 Å². The predicted octanol–water partition coefficient (Wildman–Crippen LogP) is 5.72. The lowest BCUT2D eigenvalue weighted by atomic mass is 10.1. The van der Waals surface area contributed by atoms with E-state index in [0.717, 1.165) is 6.42 Å². The first-order chi connectivity index (χ1) is 13.3. The molecule has 144 valence electrons. The highest BCUT2D eigenvalue weighted by molar-refractivity contribution is 14.1. The molecule has 0 saturated heterocycles. The summed E-state index contributed by atoms with van der Waals surface area (Å²) in [6.45, 7) is 2.27. The molecule has 2 aromatic carbocycles. The number of allylic oxidation sites excluding steroid dienone is 1. The number of alkyl halides is 1. The number of halogens is 1. The van der Waals surface area contributed by atoms with E-state index < -0.39 is 8.32 Å². The summed E-state index contributed by atoms with van der Waals surface area (Å²) >= 11 is 2.56. The summed E-state index contributed by atoms with van der Waals surface area (Å²) in [5.74, 6) is 0.672. The number of hydrogen-bond donors (Lipinski definition) is 0. The fourth-order valence-corrected chi connectivity index (χ4v) is 9.81. The first-order valence-corrected chi connectivity index (χ1v) is 13.9. The third kappa shape index (κ3) is 5.33. The van der Waals surface area contributed by atoms with E-state index in [1.807, 2.05) is 0 Å². The first kappa shape index (κ1) is 20.8. The van der Waals surface area contributed by atoms with Crippen LogP contribution in [-0.4, -0.2) is 18.8 Å². The summed E-state index contributed by atoms with van der Waals surface area (Å²) < 4.78 is 8.36. The molecule has 2 unspecified atom stereocenters. The Hall–Kier alpha value is -0.913. The molecule has 1 aliphatic heterocycles. The summed E-state index contributed by atoms with van der Waals surface area (Å²) in [6, 6.07) is 23.3. The van der Waals surface area contributed by atoms with Crippen molar-refractivity contribution in [2.75, 3.05) is 4.43 Å². The summed E-state index contributed by atoms with van der Waals surface area (Å²) in [6.07, 6.45) is 11.1. The molecule has 3 heteroatoms. The van der Waals surface area contributed by atoms with Crippen molar-refractivity contribution < 1.29 is 4.43 Å². The van der Waals surface area contributed by atoms with Crippen molar-refractivity contribution >= 4 is 41.3 Å². The van der Waals surface area contributed by atoms with Crippen LogP contribution < -0.4 is 10.4 Å². The number of rotatable bonds is 7. The highest BCUT2D eigenvalue weighted by Crippen LogP contribution is 2.29. The molecule has 0 N–H and O–H groups in total. The molecular weight excluding hydrogens is 459 g/mol. The quantitative estimate of drug-likeness (QED) is 0.159. The van der Waals surface area contributed by atoms with E-state index in [0.29, 0.717) is 5.92 Å². The normalized spacial score (nSPS) is 23.3. The van der Waals surface area contributed by atoms with E-state index in [2.05, 4.69) is 102 Å². The predicted molar refractivity (Wildman–Crippen MR) is 128 cm³/mol. The van der Waals surface area contributed by atoms with E-state index in [4.69, 9.17) is 4.43 Å². The van der Waals surface area contributed by atoms with Crippen LogP contribution in [-0.2, 0) is 4.43 Å². The van der Waals surface area contributed by atoms with Gasteiger partial charge >= 0.3 is 0 Å². The Balaban J connectivity index is 2.04. The Kier molecular flexibility index (Phi) is 8.16. The zero-order valence-electron chi connectivity index (χ0n) is 16.3. The fraction of sp³-hybridized carbons (Fsp3) is 0.417. The van der Waals surface area contributed by atoms with Crippen LogP contribution in [0.2, 0.25) is 6.04 Å². The summed E-state index contributed by atoms with van der Waals surface area (Å²) in [7, 11) is -2.28. The van der Waals surface area contributed by atoms with Gasteiger partial charge < -0.3 is 4.43 Å². The molecule has 0 spiro atoms. The SMILES string of the molecule is CCCCCC1/C=C\CC(CI)C[Si](c2ccccc2)(c2ccccc2)O1. The Labute approximate surface area is 179 Å². The standard InChI is InChI=1S/C24H31IOSi/c1-2-3-6-13-22-14-11-12-21(19-25)20-27(26-22,23-15-7-4-8-16-23)24-17-9-5-10-18-24/h4-5,7-11,14-18,21-22H,2-3,6,12-13,19-20H2,1H3/b14-11-. The van der Waals surface area contributed by atoms with E-state index in [9.17, 15) is 0 Å². The molecule has 27 heavy (non-hydrogen) atoms. The minimum atomic E-state index is -2.28. The van der Waals surface area contributed by atoms with Gasteiger partial charge in [-0.15, -0.1) is 0 Å². The van der Waals surface area contributed by atoms with Gasteiger partial charge in [-0.25, -0.2) is 0 Å². The molecule has 0 saturated carbocycles. The molecule has 0 radical (unpaired) electrons. The van der Waals surface area contributed by atoms with E-state index in [1.54, 1.807) is 0 Å². The second kappa shape index (κ2) is 10.6. The molecule has 1 aliphatic rings. The highest BCUT2D eigenvalue weighted by atomic mass is 127. The summed E-state index contributed by atoms with van der Waals surface area (Å²) in [4.78, 5) is 0. The second-order valence-corrected chi connectivity index (χ2v) is 11.9. The molecule has 2 atom stereocenters. The van der Waals surface area contributed by atoms with Gasteiger partial charge in [-0.3, -0.25) is 0 Å². The fourth-order valence-electron chi connectivity index (χ4n) is 4.08. The van der Waals surface area contributed by atoms with Crippen LogP contribution in [0.4, 0.5) is 0 Å². The minimum absolute atomic E-state index is 0.235. The maximum absolute atomic E-state index is 7.18. The first-order valence-electron chi connectivity index (χ1n) is 10.3. The van der Waals surface area contributed by atoms with Crippen LogP contribution in [0.3, 0.4) is 0 Å². The monoisotopic (exact) mass is 490 g/mol. The maximum Gasteiger partial charge on any atom is 0.256 e. The second-order valence-electron chi connectivity index (χ2n) is 7.60. The Morgan fingerprint density at radius 2 is 1.59 bits per heavy atom. The lowest BCUT2D eigenvalue weighted by Gasteiger charge is -2.39. The van der Waals surface area contributed by atoms with Gasteiger partial charge in [0, 0.05) is 4.43 Å². The van der Waals surface area contributed by atoms with Crippen molar-refractivity contribution in [3.8, 4) is 0 Å². The molecule has 0 amide bonds. The third-order valence-corrected chi connectivity index (χ3v) is 11.2. The lowest BCUT2D eigenvalue weighted by molar-refractivity contribution is 0.224.